The van der Waals surface area contributed by atoms with Gasteiger partial charge in [-0.05, 0) is 25.5 Å². The molecule has 2 N–H and O–H groups in total. The molecule has 1 aliphatic heterocycles. The lowest BCUT2D eigenvalue weighted by atomic mass is 9.97. The molecule has 0 radical (unpaired) electrons. The first kappa shape index (κ1) is 13.6. The first-order chi connectivity index (χ1) is 9.11. The first-order valence-electron chi connectivity index (χ1n) is 6.35. The Labute approximate surface area is 111 Å². The smallest absolute Gasteiger partial charge is 0.372 e. The Morgan fingerprint density at radius 2 is 2.37 bits per heavy atom. The number of piperidine rings is 1. The number of hydrogen-bond acceptors (Lipinski definition) is 4. The number of carbonyl (C=O) groups excluding carboxylic acids is 1. The lowest BCUT2D eigenvalue weighted by Gasteiger charge is -2.31. The highest BCUT2D eigenvalue weighted by Gasteiger charge is 2.26. The van der Waals surface area contributed by atoms with Crippen LogP contribution in [0.15, 0.2) is 16.7 Å². The molecule has 1 unspecified atom stereocenters. The van der Waals surface area contributed by atoms with Crippen LogP contribution >= 0.6 is 0 Å². The van der Waals surface area contributed by atoms with Gasteiger partial charge in [0.15, 0.2) is 0 Å². The molecule has 1 aromatic heterocycles. The highest BCUT2D eigenvalue weighted by atomic mass is 16.4. The van der Waals surface area contributed by atoms with E-state index in [2.05, 4.69) is 10.2 Å². The quantitative estimate of drug-likeness (QED) is 0.847. The van der Waals surface area contributed by atoms with Gasteiger partial charge >= 0.3 is 5.97 Å². The number of carboxylic acid groups (broad SMARTS) is 1. The summed E-state index contributed by atoms with van der Waals surface area (Å²) in [5.41, 5.74) is 0.657. The molecule has 1 saturated heterocycles. The number of aromatic carboxylic acids is 1. The second kappa shape index (κ2) is 5.88. The Bertz CT molecular complexity index is 469. The van der Waals surface area contributed by atoms with Crippen LogP contribution in [0, 0.1) is 5.92 Å². The Hall–Kier alpha value is -1.82. The summed E-state index contributed by atoms with van der Waals surface area (Å²) in [6, 6.07) is 1.67. The zero-order valence-corrected chi connectivity index (χ0v) is 10.9. The third-order valence-electron chi connectivity index (χ3n) is 3.46. The van der Waals surface area contributed by atoms with Gasteiger partial charge in [-0.1, -0.05) is 0 Å². The van der Waals surface area contributed by atoms with Crippen LogP contribution in [0.3, 0.4) is 0 Å². The van der Waals surface area contributed by atoms with Crippen molar-refractivity contribution in [3.63, 3.8) is 0 Å². The van der Waals surface area contributed by atoms with E-state index in [1.807, 2.05) is 0 Å². The van der Waals surface area contributed by atoms with Gasteiger partial charge in [-0.25, -0.2) is 4.79 Å². The van der Waals surface area contributed by atoms with E-state index < -0.39 is 5.97 Å². The number of carbonyl (C=O) groups is 2. The summed E-state index contributed by atoms with van der Waals surface area (Å²) in [6.45, 7) is 2.03. The molecule has 2 rings (SSSR count). The van der Waals surface area contributed by atoms with Crippen molar-refractivity contribution in [2.24, 2.45) is 5.92 Å². The van der Waals surface area contributed by atoms with Crippen molar-refractivity contribution >= 4 is 11.9 Å². The average Bonchev–Trinajstić information content (AvgIpc) is 2.86. The fraction of sp³-hybridized carbons (Fsp3) is 0.538. The molecule has 0 spiro atoms. The molecule has 0 aromatic carbocycles. The number of nitrogens with one attached hydrogen (secondary N) is 1. The van der Waals surface area contributed by atoms with E-state index in [1.165, 1.54) is 6.26 Å². The van der Waals surface area contributed by atoms with E-state index in [0.717, 1.165) is 19.4 Å². The molecule has 6 nitrogen and oxygen atoms in total. The van der Waals surface area contributed by atoms with Crippen molar-refractivity contribution < 1.29 is 19.1 Å². The summed E-state index contributed by atoms with van der Waals surface area (Å²) in [6.07, 6.45) is 3.21. The maximum atomic E-state index is 11.6. The Kier molecular flexibility index (Phi) is 4.21. The molecule has 104 valence electrons. The molecule has 0 aliphatic carbocycles. The van der Waals surface area contributed by atoms with Crippen LogP contribution in [0.25, 0.3) is 0 Å². The van der Waals surface area contributed by atoms with Crippen molar-refractivity contribution in [1.29, 1.82) is 0 Å². The average molecular weight is 266 g/mol. The summed E-state index contributed by atoms with van der Waals surface area (Å²) in [5, 5.41) is 11.7. The van der Waals surface area contributed by atoms with Crippen LogP contribution in [0.2, 0.25) is 0 Å². The normalized spacial score (nSPS) is 20.2. The van der Waals surface area contributed by atoms with Gasteiger partial charge in [0.05, 0.1) is 12.2 Å². The molecule has 6 heteroatoms. The molecule has 1 atom stereocenters. The molecule has 1 aromatic rings. The van der Waals surface area contributed by atoms with E-state index in [0.29, 0.717) is 18.7 Å². The van der Waals surface area contributed by atoms with Crippen molar-refractivity contribution in [3.8, 4) is 0 Å². The topological polar surface area (TPSA) is 82.8 Å². The molecule has 1 aliphatic rings. The van der Waals surface area contributed by atoms with Crippen LogP contribution in [0.5, 0.6) is 0 Å². The number of likely N-dealkylation sites (tertiary alicyclic amines) is 1. The summed E-state index contributed by atoms with van der Waals surface area (Å²) < 4.78 is 4.96. The van der Waals surface area contributed by atoms with Crippen molar-refractivity contribution in [2.45, 2.75) is 19.4 Å². The molecule has 0 saturated carbocycles. The van der Waals surface area contributed by atoms with Gasteiger partial charge in [0.2, 0.25) is 11.7 Å². The van der Waals surface area contributed by atoms with Gasteiger partial charge < -0.3 is 14.8 Å². The predicted molar refractivity (Wildman–Crippen MR) is 67.7 cm³/mol. The minimum Gasteiger partial charge on any atom is -0.475 e. The highest BCUT2D eigenvalue weighted by molar-refractivity contribution is 5.86. The number of furan rings is 1. The first-order valence-corrected chi connectivity index (χ1v) is 6.35. The third kappa shape index (κ3) is 3.14. The second-order valence-electron chi connectivity index (χ2n) is 4.77. The third-order valence-corrected chi connectivity index (χ3v) is 3.46. The minimum absolute atomic E-state index is 0.0120. The Morgan fingerprint density at radius 1 is 1.58 bits per heavy atom. The molecule has 19 heavy (non-hydrogen) atoms. The van der Waals surface area contributed by atoms with Crippen LogP contribution in [0.1, 0.15) is 29.0 Å². The molecule has 0 bridgehead atoms. The largest absolute Gasteiger partial charge is 0.475 e. The van der Waals surface area contributed by atoms with Gasteiger partial charge in [0.25, 0.3) is 0 Å². The number of carboxylic acids is 1. The number of hydrogen-bond donors (Lipinski definition) is 2. The summed E-state index contributed by atoms with van der Waals surface area (Å²) >= 11 is 0. The van der Waals surface area contributed by atoms with Crippen LogP contribution < -0.4 is 5.32 Å². The van der Waals surface area contributed by atoms with E-state index in [9.17, 15) is 9.59 Å². The maximum absolute atomic E-state index is 11.6. The fourth-order valence-electron chi connectivity index (χ4n) is 2.51. The number of rotatable bonds is 4. The van der Waals surface area contributed by atoms with E-state index >= 15 is 0 Å². The number of nitrogens with zero attached hydrogens (tertiary/aromatic N) is 1. The van der Waals surface area contributed by atoms with Crippen molar-refractivity contribution in [3.05, 3.63) is 23.7 Å². The van der Waals surface area contributed by atoms with Gasteiger partial charge in [-0.2, -0.15) is 0 Å². The van der Waals surface area contributed by atoms with Crippen LogP contribution in [-0.4, -0.2) is 42.0 Å². The van der Waals surface area contributed by atoms with Crippen LogP contribution in [0.4, 0.5) is 0 Å². The molecule has 2 heterocycles. The monoisotopic (exact) mass is 266 g/mol. The molecule has 1 fully saturated rings. The Morgan fingerprint density at radius 3 is 3.05 bits per heavy atom. The molecular weight excluding hydrogens is 248 g/mol. The van der Waals surface area contributed by atoms with Gasteiger partial charge in [-0.3, -0.25) is 9.69 Å². The lowest BCUT2D eigenvalue weighted by Crippen LogP contribution is -2.41. The summed E-state index contributed by atoms with van der Waals surface area (Å²) in [5.74, 6) is -1.03. The van der Waals surface area contributed by atoms with Gasteiger partial charge in [0.1, 0.15) is 0 Å². The van der Waals surface area contributed by atoms with Crippen molar-refractivity contribution in [1.82, 2.24) is 10.2 Å². The van der Waals surface area contributed by atoms with E-state index in [1.54, 1.807) is 13.1 Å². The summed E-state index contributed by atoms with van der Waals surface area (Å²) in [7, 11) is 1.64. The molecular formula is C13H18N2O4. The van der Waals surface area contributed by atoms with E-state index in [4.69, 9.17) is 9.52 Å². The highest BCUT2D eigenvalue weighted by Crippen LogP contribution is 2.20. The van der Waals surface area contributed by atoms with E-state index in [-0.39, 0.29) is 17.6 Å². The summed E-state index contributed by atoms with van der Waals surface area (Å²) in [4.78, 5) is 24.7. The van der Waals surface area contributed by atoms with Crippen molar-refractivity contribution in [2.75, 3.05) is 20.1 Å². The van der Waals surface area contributed by atoms with Gasteiger partial charge in [0, 0.05) is 25.7 Å². The number of amides is 1. The maximum Gasteiger partial charge on any atom is 0.372 e. The molecule has 1 amide bonds. The SMILES string of the molecule is CNC(=O)C1CCCN(Cc2ccoc2C(=O)O)C1. The van der Waals surface area contributed by atoms with Gasteiger partial charge in [-0.15, -0.1) is 0 Å². The standard InChI is InChI=1S/C13H18N2O4/c1-14-12(16)10-3-2-5-15(8-10)7-9-4-6-19-11(9)13(17)18/h4,6,10H,2-3,5,7-8H2,1H3,(H,14,16)(H,17,18). The fourth-order valence-corrected chi connectivity index (χ4v) is 2.51. The zero-order valence-electron chi connectivity index (χ0n) is 10.9. The van der Waals surface area contributed by atoms with Crippen LogP contribution in [-0.2, 0) is 11.3 Å². The zero-order chi connectivity index (χ0) is 13.8. The predicted octanol–water partition coefficient (Wildman–Crippen LogP) is 0.936. The Balaban J connectivity index is 2.00. The lowest BCUT2D eigenvalue weighted by molar-refractivity contribution is -0.126. The minimum atomic E-state index is -1.06. The second-order valence-corrected chi connectivity index (χ2v) is 4.77.